The fourth-order valence-corrected chi connectivity index (χ4v) is 3.30. The summed E-state index contributed by atoms with van der Waals surface area (Å²) in [5.74, 6) is -2.17. The minimum absolute atomic E-state index is 0.0589. The number of carbonyl (C=O) groups is 2. The Bertz CT molecular complexity index is 516. The van der Waals surface area contributed by atoms with Gasteiger partial charge in [-0.05, 0) is 23.3 Å². The molecule has 0 saturated heterocycles. The number of rotatable bonds is 6. The molecule has 0 aromatic heterocycles. The van der Waals surface area contributed by atoms with E-state index in [9.17, 15) is 14.7 Å². The zero-order valence-corrected chi connectivity index (χ0v) is 11.5. The van der Waals surface area contributed by atoms with Crippen LogP contribution in [0.4, 0.5) is 0 Å². The third-order valence-electron chi connectivity index (χ3n) is 4.42. The van der Waals surface area contributed by atoms with E-state index in [0.717, 1.165) is 5.56 Å². The average molecular weight is 277 g/mol. The van der Waals surface area contributed by atoms with Crippen LogP contribution < -0.4 is 5.32 Å². The Labute approximate surface area is 117 Å². The van der Waals surface area contributed by atoms with Crippen molar-refractivity contribution >= 4 is 11.9 Å². The van der Waals surface area contributed by atoms with Crippen molar-refractivity contribution in [3.8, 4) is 0 Å². The molecule has 0 heterocycles. The predicted molar refractivity (Wildman–Crippen MR) is 73.5 cm³/mol. The van der Waals surface area contributed by atoms with E-state index in [4.69, 9.17) is 5.11 Å². The molecule has 0 radical (unpaired) electrons. The van der Waals surface area contributed by atoms with E-state index in [1.807, 2.05) is 44.2 Å². The summed E-state index contributed by atoms with van der Waals surface area (Å²) in [6.45, 7) is 3.51. The van der Waals surface area contributed by atoms with Crippen LogP contribution in [-0.4, -0.2) is 34.2 Å². The van der Waals surface area contributed by atoms with Crippen LogP contribution in [0.3, 0.4) is 0 Å². The van der Waals surface area contributed by atoms with Crippen LogP contribution >= 0.6 is 0 Å². The summed E-state index contributed by atoms with van der Waals surface area (Å²) in [5, 5.41) is 21.0. The minimum Gasteiger partial charge on any atom is -0.480 e. The molecule has 4 atom stereocenters. The molecular weight excluding hydrogens is 258 g/mol. The Morgan fingerprint density at radius 3 is 2.40 bits per heavy atom. The molecule has 0 spiro atoms. The maximum Gasteiger partial charge on any atom is 0.324 e. The first-order valence-electron chi connectivity index (χ1n) is 6.66. The maximum absolute atomic E-state index is 11.6. The molecule has 1 aliphatic rings. The number of hydrogen-bond donors (Lipinski definition) is 3. The molecule has 0 aliphatic heterocycles. The fourth-order valence-electron chi connectivity index (χ4n) is 3.30. The van der Waals surface area contributed by atoms with Crippen molar-refractivity contribution in [1.29, 1.82) is 0 Å². The topological polar surface area (TPSA) is 86.6 Å². The lowest BCUT2D eigenvalue weighted by Crippen LogP contribution is -2.45. The lowest BCUT2D eigenvalue weighted by molar-refractivity contribution is -0.142. The molecule has 0 amide bonds. The van der Waals surface area contributed by atoms with Crippen molar-refractivity contribution < 1.29 is 19.8 Å². The fraction of sp³-hybridized carbons (Fsp3) is 0.467. The molecule has 1 saturated carbocycles. The van der Waals surface area contributed by atoms with Gasteiger partial charge in [-0.3, -0.25) is 14.9 Å². The van der Waals surface area contributed by atoms with Gasteiger partial charge in [-0.2, -0.15) is 0 Å². The van der Waals surface area contributed by atoms with Crippen molar-refractivity contribution in [2.75, 3.05) is 6.54 Å². The smallest absolute Gasteiger partial charge is 0.324 e. The Balaban J connectivity index is 2.20. The normalized spacial score (nSPS) is 29.7. The Hall–Kier alpha value is -1.88. The molecule has 108 valence electrons. The third-order valence-corrected chi connectivity index (χ3v) is 4.42. The van der Waals surface area contributed by atoms with Gasteiger partial charge >= 0.3 is 11.9 Å². The van der Waals surface area contributed by atoms with E-state index in [1.54, 1.807) is 0 Å². The van der Waals surface area contributed by atoms with E-state index in [2.05, 4.69) is 5.32 Å². The van der Waals surface area contributed by atoms with E-state index < -0.39 is 17.5 Å². The number of aliphatic carboxylic acids is 2. The summed E-state index contributed by atoms with van der Waals surface area (Å²) < 4.78 is 0. The van der Waals surface area contributed by atoms with Gasteiger partial charge in [0, 0.05) is 0 Å². The lowest BCUT2D eigenvalue weighted by Gasteiger charge is -2.17. The Morgan fingerprint density at radius 1 is 1.30 bits per heavy atom. The van der Waals surface area contributed by atoms with Gasteiger partial charge in [0.05, 0.1) is 6.54 Å². The second-order valence-electron chi connectivity index (χ2n) is 5.44. The second-order valence-corrected chi connectivity index (χ2v) is 5.44. The Kier molecular flexibility index (Phi) is 3.81. The molecule has 1 aromatic rings. The summed E-state index contributed by atoms with van der Waals surface area (Å²) in [6, 6.07) is 9.71. The van der Waals surface area contributed by atoms with Crippen molar-refractivity contribution in [2.45, 2.75) is 25.3 Å². The molecule has 5 heteroatoms. The maximum atomic E-state index is 11.6. The van der Waals surface area contributed by atoms with Gasteiger partial charge in [0.1, 0.15) is 5.54 Å². The largest absolute Gasteiger partial charge is 0.480 e. The van der Waals surface area contributed by atoms with Crippen LogP contribution in [0, 0.1) is 11.8 Å². The summed E-state index contributed by atoms with van der Waals surface area (Å²) >= 11 is 0. The molecule has 2 rings (SSSR count). The number of carboxylic acids is 2. The average Bonchev–Trinajstić information content (AvgIpc) is 3.03. The molecule has 4 unspecified atom stereocenters. The van der Waals surface area contributed by atoms with Crippen LogP contribution in [0.2, 0.25) is 0 Å². The van der Waals surface area contributed by atoms with Crippen LogP contribution in [0.15, 0.2) is 30.3 Å². The minimum atomic E-state index is -1.13. The van der Waals surface area contributed by atoms with Crippen LogP contribution in [-0.2, 0) is 9.59 Å². The number of carboxylic acid groups (broad SMARTS) is 2. The van der Waals surface area contributed by atoms with E-state index in [1.165, 1.54) is 0 Å². The van der Waals surface area contributed by atoms with Gasteiger partial charge < -0.3 is 10.2 Å². The number of benzene rings is 1. The van der Waals surface area contributed by atoms with Crippen LogP contribution in [0.25, 0.3) is 0 Å². The quantitative estimate of drug-likeness (QED) is 0.734. The van der Waals surface area contributed by atoms with Crippen LogP contribution in [0.5, 0.6) is 0 Å². The molecule has 1 fully saturated rings. The van der Waals surface area contributed by atoms with E-state index in [0.29, 0.717) is 0 Å². The van der Waals surface area contributed by atoms with Crippen molar-refractivity contribution in [3.63, 3.8) is 0 Å². The highest BCUT2D eigenvalue weighted by atomic mass is 16.4. The van der Waals surface area contributed by atoms with Gasteiger partial charge in [0.25, 0.3) is 0 Å². The third kappa shape index (κ3) is 2.29. The highest BCUT2D eigenvalue weighted by molar-refractivity contribution is 5.85. The zero-order valence-electron chi connectivity index (χ0n) is 11.5. The summed E-state index contributed by atoms with van der Waals surface area (Å²) in [7, 11) is 0. The first-order chi connectivity index (χ1) is 9.41. The molecule has 1 aromatic carbocycles. The molecule has 0 bridgehead atoms. The van der Waals surface area contributed by atoms with Gasteiger partial charge in [0.2, 0.25) is 0 Å². The first-order valence-corrected chi connectivity index (χ1v) is 6.66. The molecule has 3 N–H and O–H groups in total. The lowest BCUT2D eigenvalue weighted by atomic mass is 9.93. The van der Waals surface area contributed by atoms with Gasteiger partial charge in [-0.15, -0.1) is 0 Å². The van der Waals surface area contributed by atoms with E-state index >= 15 is 0 Å². The zero-order chi connectivity index (χ0) is 14.9. The Morgan fingerprint density at radius 2 is 1.90 bits per heavy atom. The predicted octanol–water partition coefficient (Wildman–Crippen LogP) is 1.55. The van der Waals surface area contributed by atoms with Crippen molar-refractivity contribution in [1.82, 2.24) is 5.32 Å². The highest BCUT2D eigenvalue weighted by Gasteiger charge is 2.69. The molecular formula is C15H19NO4. The summed E-state index contributed by atoms with van der Waals surface area (Å²) in [6.07, 6.45) is 0. The van der Waals surface area contributed by atoms with Gasteiger partial charge in [-0.1, -0.05) is 44.2 Å². The van der Waals surface area contributed by atoms with Crippen LogP contribution in [0.1, 0.15) is 25.3 Å². The number of nitrogens with one attached hydrogen (secondary N) is 1. The summed E-state index contributed by atoms with van der Waals surface area (Å²) in [4.78, 5) is 22.3. The van der Waals surface area contributed by atoms with Gasteiger partial charge in [-0.25, -0.2) is 0 Å². The van der Waals surface area contributed by atoms with Crippen molar-refractivity contribution in [3.05, 3.63) is 35.9 Å². The highest BCUT2D eigenvalue weighted by Crippen LogP contribution is 2.57. The molecule has 5 nitrogen and oxygen atoms in total. The first kappa shape index (κ1) is 14.5. The summed E-state index contributed by atoms with van der Waals surface area (Å²) in [5.41, 5.74) is -0.0576. The second kappa shape index (κ2) is 5.25. The van der Waals surface area contributed by atoms with E-state index in [-0.39, 0.29) is 24.3 Å². The molecule has 1 aliphatic carbocycles. The molecule has 20 heavy (non-hydrogen) atoms. The number of hydrogen-bond acceptors (Lipinski definition) is 3. The SMILES string of the molecule is CC(c1ccccc1)C1C(C)C1(NCC(=O)O)C(=O)O. The monoisotopic (exact) mass is 277 g/mol. The standard InChI is InChI=1S/C15H19NO4/c1-9(11-6-4-3-5-7-11)13-10(2)15(13,14(19)20)16-8-12(17)18/h3-7,9-10,13,16H,8H2,1-2H3,(H,17,18)(H,19,20). The van der Waals surface area contributed by atoms with Crippen molar-refractivity contribution in [2.24, 2.45) is 11.8 Å². The van der Waals surface area contributed by atoms with Gasteiger partial charge in [0.15, 0.2) is 0 Å².